The molecular formula is C13H12N6. The summed E-state index contributed by atoms with van der Waals surface area (Å²) in [6.45, 7) is 2.20. The van der Waals surface area contributed by atoms with Crippen molar-refractivity contribution in [2.75, 3.05) is 4.90 Å². The van der Waals surface area contributed by atoms with E-state index in [0.717, 1.165) is 12.2 Å². The Labute approximate surface area is 109 Å². The summed E-state index contributed by atoms with van der Waals surface area (Å²) < 4.78 is 1.46. The molecule has 2 aromatic heterocycles. The van der Waals surface area contributed by atoms with Crippen LogP contribution < -0.4 is 4.90 Å². The van der Waals surface area contributed by atoms with Crippen molar-refractivity contribution in [3.8, 4) is 0 Å². The van der Waals surface area contributed by atoms with Crippen molar-refractivity contribution >= 4 is 17.2 Å². The molecule has 3 aromatic rings. The SMILES string of the molecule is C[C@H]1Cc2ccccc2N1c1ccc2nnnn2n1. The second-order valence-corrected chi connectivity index (χ2v) is 4.77. The van der Waals surface area contributed by atoms with E-state index in [4.69, 9.17) is 0 Å². The highest BCUT2D eigenvalue weighted by molar-refractivity contribution is 5.68. The molecule has 1 aromatic carbocycles. The molecule has 1 atom stereocenters. The first-order chi connectivity index (χ1) is 9.33. The van der Waals surface area contributed by atoms with E-state index in [9.17, 15) is 0 Å². The third kappa shape index (κ3) is 1.49. The zero-order valence-electron chi connectivity index (χ0n) is 10.4. The van der Waals surface area contributed by atoms with E-state index in [-0.39, 0.29) is 0 Å². The van der Waals surface area contributed by atoms with Crippen LogP contribution in [0.15, 0.2) is 36.4 Å². The maximum Gasteiger partial charge on any atom is 0.200 e. The molecule has 1 aliphatic rings. The number of tetrazole rings is 1. The van der Waals surface area contributed by atoms with Gasteiger partial charge in [-0.3, -0.25) is 0 Å². The molecule has 6 heteroatoms. The molecule has 0 saturated carbocycles. The Morgan fingerprint density at radius 2 is 2.05 bits per heavy atom. The largest absolute Gasteiger partial charge is 0.321 e. The van der Waals surface area contributed by atoms with Gasteiger partial charge in [0.05, 0.1) is 0 Å². The van der Waals surface area contributed by atoms with E-state index in [0.29, 0.717) is 11.7 Å². The van der Waals surface area contributed by atoms with Crippen LogP contribution in [0.3, 0.4) is 0 Å². The van der Waals surface area contributed by atoms with Crippen molar-refractivity contribution in [1.82, 2.24) is 25.3 Å². The van der Waals surface area contributed by atoms with Gasteiger partial charge in [0, 0.05) is 11.7 Å². The van der Waals surface area contributed by atoms with Gasteiger partial charge in [-0.1, -0.05) is 18.2 Å². The molecule has 0 saturated heterocycles. The van der Waals surface area contributed by atoms with E-state index >= 15 is 0 Å². The summed E-state index contributed by atoms with van der Waals surface area (Å²) >= 11 is 0. The average Bonchev–Trinajstić information content (AvgIpc) is 3.00. The first-order valence-electron chi connectivity index (χ1n) is 6.25. The molecule has 0 unspecified atom stereocenters. The van der Waals surface area contributed by atoms with Crippen molar-refractivity contribution in [2.45, 2.75) is 19.4 Å². The molecule has 0 fully saturated rings. The van der Waals surface area contributed by atoms with Crippen LogP contribution in [-0.4, -0.2) is 31.3 Å². The fraction of sp³-hybridized carbons (Fsp3) is 0.231. The van der Waals surface area contributed by atoms with Crippen LogP contribution in [0.2, 0.25) is 0 Å². The highest BCUT2D eigenvalue weighted by atomic mass is 15.6. The fourth-order valence-corrected chi connectivity index (χ4v) is 2.68. The van der Waals surface area contributed by atoms with Crippen LogP contribution in [0.4, 0.5) is 11.5 Å². The lowest BCUT2D eigenvalue weighted by molar-refractivity contribution is 0.700. The van der Waals surface area contributed by atoms with Crippen molar-refractivity contribution in [2.24, 2.45) is 0 Å². The first-order valence-corrected chi connectivity index (χ1v) is 6.25. The van der Waals surface area contributed by atoms with Crippen LogP contribution in [0, 0.1) is 0 Å². The highest BCUT2D eigenvalue weighted by Gasteiger charge is 2.27. The minimum atomic E-state index is 0.388. The summed E-state index contributed by atoms with van der Waals surface area (Å²) in [5, 5.41) is 15.8. The third-order valence-electron chi connectivity index (χ3n) is 3.51. The molecule has 1 aliphatic heterocycles. The zero-order valence-corrected chi connectivity index (χ0v) is 10.4. The quantitative estimate of drug-likeness (QED) is 0.658. The fourth-order valence-electron chi connectivity index (χ4n) is 2.68. The van der Waals surface area contributed by atoms with Gasteiger partial charge in [-0.2, -0.15) is 0 Å². The lowest BCUT2D eigenvalue weighted by Gasteiger charge is -2.23. The number of para-hydroxylation sites is 1. The van der Waals surface area contributed by atoms with Crippen LogP contribution in [0.25, 0.3) is 5.65 Å². The van der Waals surface area contributed by atoms with E-state index in [1.54, 1.807) is 0 Å². The molecule has 4 rings (SSSR count). The van der Waals surface area contributed by atoms with Crippen LogP contribution >= 0.6 is 0 Å². The van der Waals surface area contributed by atoms with Gasteiger partial charge in [-0.15, -0.1) is 14.8 Å². The normalized spacial score (nSPS) is 17.9. The first kappa shape index (κ1) is 10.4. The number of rotatable bonds is 1. The Hall–Kier alpha value is -2.50. The minimum absolute atomic E-state index is 0.388. The number of anilines is 2. The van der Waals surface area contributed by atoms with E-state index < -0.39 is 0 Å². The number of nitrogens with zero attached hydrogens (tertiary/aromatic N) is 6. The predicted molar refractivity (Wildman–Crippen MR) is 70.3 cm³/mol. The topological polar surface area (TPSA) is 59.2 Å². The molecule has 94 valence electrons. The smallest absolute Gasteiger partial charge is 0.200 e. The van der Waals surface area contributed by atoms with Gasteiger partial charge in [-0.25, -0.2) is 0 Å². The molecule has 0 N–H and O–H groups in total. The van der Waals surface area contributed by atoms with Gasteiger partial charge in [-0.05, 0) is 47.5 Å². The minimum Gasteiger partial charge on any atom is -0.321 e. The van der Waals surface area contributed by atoms with Crippen LogP contribution in [-0.2, 0) is 6.42 Å². The summed E-state index contributed by atoms with van der Waals surface area (Å²) in [6.07, 6.45) is 1.03. The molecule has 3 heterocycles. The molecule has 6 nitrogen and oxygen atoms in total. The second-order valence-electron chi connectivity index (χ2n) is 4.77. The predicted octanol–water partition coefficient (Wildman–Crippen LogP) is 1.60. The number of benzene rings is 1. The van der Waals surface area contributed by atoms with Crippen molar-refractivity contribution in [3.05, 3.63) is 42.0 Å². The van der Waals surface area contributed by atoms with Crippen molar-refractivity contribution in [1.29, 1.82) is 0 Å². The van der Waals surface area contributed by atoms with E-state index in [1.165, 1.54) is 15.9 Å². The standard InChI is InChI=1S/C13H12N6/c1-9-8-10-4-2-3-5-11(10)18(9)13-7-6-12-14-16-17-19(12)15-13/h2-7,9H,8H2,1H3/t9-/m0/s1. The van der Waals surface area contributed by atoms with Gasteiger partial charge in [0.15, 0.2) is 11.5 Å². The van der Waals surface area contributed by atoms with Gasteiger partial charge in [0.1, 0.15) is 0 Å². The second kappa shape index (κ2) is 3.74. The summed E-state index contributed by atoms with van der Waals surface area (Å²) in [6, 6.07) is 12.7. The van der Waals surface area contributed by atoms with Crippen molar-refractivity contribution < 1.29 is 0 Å². The molecule has 0 amide bonds. The lowest BCUT2D eigenvalue weighted by atomic mass is 10.1. The molecule has 0 aliphatic carbocycles. The Kier molecular flexibility index (Phi) is 2.05. The summed E-state index contributed by atoms with van der Waals surface area (Å²) in [4.78, 5) is 2.23. The van der Waals surface area contributed by atoms with E-state index in [2.05, 4.69) is 56.7 Å². The van der Waals surface area contributed by atoms with Gasteiger partial charge < -0.3 is 4.90 Å². The Morgan fingerprint density at radius 1 is 1.16 bits per heavy atom. The molecule has 19 heavy (non-hydrogen) atoms. The number of hydrogen-bond donors (Lipinski definition) is 0. The van der Waals surface area contributed by atoms with Crippen LogP contribution in [0.1, 0.15) is 12.5 Å². The maximum atomic E-state index is 4.47. The highest BCUT2D eigenvalue weighted by Crippen LogP contribution is 2.36. The van der Waals surface area contributed by atoms with Gasteiger partial charge in [0.2, 0.25) is 0 Å². The number of fused-ring (bicyclic) bond motifs is 2. The number of aromatic nitrogens is 5. The molecule has 0 radical (unpaired) electrons. The van der Waals surface area contributed by atoms with Gasteiger partial charge in [0.25, 0.3) is 0 Å². The summed E-state index contributed by atoms with van der Waals surface area (Å²) in [5.41, 5.74) is 3.23. The monoisotopic (exact) mass is 252 g/mol. The Balaban J connectivity index is 1.87. The lowest BCUT2D eigenvalue weighted by Crippen LogP contribution is -2.25. The molecular weight excluding hydrogens is 240 g/mol. The molecule has 0 bridgehead atoms. The zero-order chi connectivity index (χ0) is 12.8. The van der Waals surface area contributed by atoms with Gasteiger partial charge >= 0.3 is 0 Å². The van der Waals surface area contributed by atoms with Crippen molar-refractivity contribution in [3.63, 3.8) is 0 Å². The number of hydrogen-bond acceptors (Lipinski definition) is 5. The summed E-state index contributed by atoms with van der Waals surface area (Å²) in [5.74, 6) is 0.872. The average molecular weight is 252 g/mol. The Morgan fingerprint density at radius 3 is 3.00 bits per heavy atom. The maximum absolute atomic E-state index is 4.47. The Bertz CT molecular complexity index is 749. The third-order valence-corrected chi connectivity index (χ3v) is 3.51. The molecule has 0 spiro atoms. The summed E-state index contributed by atoms with van der Waals surface area (Å²) in [7, 11) is 0. The van der Waals surface area contributed by atoms with Crippen LogP contribution in [0.5, 0.6) is 0 Å². The van der Waals surface area contributed by atoms with E-state index in [1.807, 2.05) is 12.1 Å².